The number of hydrogen-bond donors (Lipinski definition) is 1. The van der Waals surface area contributed by atoms with Crippen LogP contribution < -0.4 is 9.62 Å². The number of hydrogen-bond acceptors (Lipinski definition) is 4. The summed E-state index contributed by atoms with van der Waals surface area (Å²) < 4.78 is 29.6. The van der Waals surface area contributed by atoms with Crippen molar-refractivity contribution in [1.82, 2.24) is 10.2 Å². The lowest BCUT2D eigenvalue weighted by atomic mass is 10.0. The SMILES string of the molecule is Cc1ccc(S(=O)(=O)N(CC(=O)N(Cc2c(Cl)cccc2Cl)C(Cc2ccccc2)C(=O)NC(C)C)c2ccc(C)c(C)c2)cc1. The molecule has 0 saturated heterocycles. The maximum absolute atomic E-state index is 14.6. The summed E-state index contributed by atoms with van der Waals surface area (Å²) >= 11 is 13.2. The number of nitrogens with one attached hydrogen (secondary N) is 1. The molecule has 4 aromatic rings. The van der Waals surface area contributed by atoms with Crippen LogP contribution in [0.15, 0.2) is 95.9 Å². The minimum Gasteiger partial charge on any atom is -0.352 e. The summed E-state index contributed by atoms with van der Waals surface area (Å²) in [4.78, 5) is 29.9. The molecule has 1 atom stereocenters. The largest absolute Gasteiger partial charge is 0.352 e. The van der Waals surface area contributed by atoms with Crippen molar-refractivity contribution in [1.29, 1.82) is 0 Å². The van der Waals surface area contributed by atoms with Gasteiger partial charge in [-0.1, -0.05) is 83.4 Å². The number of rotatable bonds is 12. The van der Waals surface area contributed by atoms with Crippen molar-refractivity contribution in [2.75, 3.05) is 10.8 Å². The first-order chi connectivity index (χ1) is 21.8. The lowest BCUT2D eigenvalue weighted by Gasteiger charge is -2.34. The van der Waals surface area contributed by atoms with Crippen molar-refractivity contribution in [2.45, 2.75) is 64.6 Å². The molecule has 0 radical (unpaired) electrons. The molecule has 0 aliphatic rings. The average Bonchev–Trinajstić information content (AvgIpc) is 3.00. The highest BCUT2D eigenvalue weighted by Crippen LogP contribution is 2.30. The van der Waals surface area contributed by atoms with Crippen LogP contribution in [0.1, 0.15) is 41.7 Å². The number of halogens is 2. The molecule has 2 amide bonds. The second-order valence-electron chi connectivity index (χ2n) is 11.7. The Balaban J connectivity index is 1.86. The van der Waals surface area contributed by atoms with Gasteiger partial charge < -0.3 is 10.2 Å². The number of nitrogens with zero attached hydrogens (tertiary/aromatic N) is 2. The highest BCUT2D eigenvalue weighted by Gasteiger charge is 2.35. The average molecular weight is 681 g/mol. The van der Waals surface area contributed by atoms with Crippen LogP contribution in [0.3, 0.4) is 0 Å². The molecule has 0 spiro atoms. The third kappa shape index (κ3) is 8.49. The Kier molecular flexibility index (Phi) is 11.5. The fourth-order valence-electron chi connectivity index (χ4n) is 5.04. The van der Waals surface area contributed by atoms with Gasteiger partial charge in [0.25, 0.3) is 10.0 Å². The Morgan fingerprint density at radius 1 is 0.804 bits per heavy atom. The van der Waals surface area contributed by atoms with E-state index in [1.54, 1.807) is 42.5 Å². The summed E-state index contributed by atoms with van der Waals surface area (Å²) in [6.45, 7) is 8.67. The maximum atomic E-state index is 14.6. The van der Waals surface area contributed by atoms with Crippen LogP contribution in [0.5, 0.6) is 0 Å². The van der Waals surface area contributed by atoms with Gasteiger partial charge in [0.05, 0.1) is 10.6 Å². The Morgan fingerprint density at radius 2 is 1.43 bits per heavy atom. The first-order valence-electron chi connectivity index (χ1n) is 15.0. The minimum absolute atomic E-state index is 0.0446. The number of anilines is 1. The van der Waals surface area contributed by atoms with E-state index in [1.165, 1.54) is 17.0 Å². The van der Waals surface area contributed by atoms with Crippen LogP contribution in [0.2, 0.25) is 10.0 Å². The van der Waals surface area contributed by atoms with Gasteiger partial charge in [-0.15, -0.1) is 0 Å². The molecular weight excluding hydrogens is 641 g/mol. The number of carbonyl (C=O) groups is 2. The van der Waals surface area contributed by atoms with Gasteiger partial charge in [0.15, 0.2) is 0 Å². The Hall–Kier alpha value is -3.85. The van der Waals surface area contributed by atoms with Gasteiger partial charge in [0.2, 0.25) is 11.8 Å². The monoisotopic (exact) mass is 679 g/mol. The Bertz CT molecular complexity index is 1780. The highest BCUT2D eigenvalue weighted by molar-refractivity contribution is 7.92. The van der Waals surface area contributed by atoms with Crippen LogP contribution in [0.25, 0.3) is 0 Å². The topological polar surface area (TPSA) is 86.8 Å². The van der Waals surface area contributed by atoms with Gasteiger partial charge >= 0.3 is 0 Å². The first-order valence-corrected chi connectivity index (χ1v) is 17.2. The van der Waals surface area contributed by atoms with Gasteiger partial charge in [0.1, 0.15) is 12.6 Å². The number of benzene rings is 4. The lowest BCUT2D eigenvalue weighted by Crippen LogP contribution is -2.54. The van der Waals surface area contributed by atoms with E-state index in [0.717, 1.165) is 26.6 Å². The van der Waals surface area contributed by atoms with E-state index in [9.17, 15) is 18.0 Å². The summed E-state index contributed by atoms with van der Waals surface area (Å²) in [5.41, 5.74) is 4.36. The summed E-state index contributed by atoms with van der Waals surface area (Å²) in [5.74, 6) is -0.973. The Labute approximate surface area is 282 Å². The van der Waals surface area contributed by atoms with E-state index < -0.39 is 28.5 Å². The van der Waals surface area contributed by atoms with E-state index in [4.69, 9.17) is 23.2 Å². The molecule has 4 aromatic carbocycles. The Morgan fingerprint density at radius 3 is 2.02 bits per heavy atom. The fraction of sp³-hybridized carbons (Fsp3) is 0.278. The quantitative estimate of drug-likeness (QED) is 0.171. The van der Waals surface area contributed by atoms with Crippen molar-refractivity contribution < 1.29 is 18.0 Å². The van der Waals surface area contributed by atoms with Crippen LogP contribution >= 0.6 is 23.2 Å². The van der Waals surface area contributed by atoms with E-state index in [0.29, 0.717) is 21.3 Å². The summed E-state index contributed by atoms with van der Waals surface area (Å²) in [5, 5.41) is 3.59. The zero-order valence-corrected chi connectivity index (χ0v) is 29.0. The van der Waals surface area contributed by atoms with Gasteiger partial charge in [-0.2, -0.15) is 0 Å². The number of carbonyl (C=O) groups excluding carboxylic acids is 2. The molecule has 1 N–H and O–H groups in total. The summed E-state index contributed by atoms with van der Waals surface area (Å²) in [6, 6.07) is 24.9. The van der Waals surface area contributed by atoms with Crippen LogP contribution in [-0.2, 0) is 32.6 Å². The fourth-order valence-corrected chi connectivity index (χ4v) is 6.96. The van der Waals surface area contributed by atoms with Crippen LogP contribution in [0.4, 0.5) is 5.69 Å². The minimum atomic E-state index is -4.21. The van der Waals surface area contributed by atoms with Gasteiger partial charge in [-0.25, -0.2) is 8.42 Å². The molecule has 0 bridgehead atoms. The van der Waals surface area contributed by atoms with E-state index in [2.05, 4.69) is 5.32 Å². The zero-order chi connectivity index (χ0) is 33.6. The predicted octanol–water partition coefficient (Wildman–Crippen LogP) is 7.28. The molecule has 1 unspecified atom stereocenters. The molecule has 0 fully saturated rings. The molecule has 0 aromatic heterocycles. The molecule has 7 nitrogen and oxygen atoms in total. The molecule has 0 saturated carbocycles. The van der Waals surface area contributed by atoms with Crippen molar-refractivity contribution in [3.05, 3.63) is 129 Å². The maximum Gasteiger partial charge on any atom is 0.264 e. The lowest BCUT2D eigenvalue weighted by molar-refractivity contribution is -0.140. The second kappa shape index (κ2) is 15.2. The highest BCUT2D eigenvalue weighted by atomic mass is 35.5. The molecule has 0 heterocycles. The van der Waals surface area contributed by atoms with Crippen molar-refractivity contribution >= 4 is 50.7 Å². The van der Waals surface area contributed by atoms with Crippen LogP contribution in [0, 0.1) is 20.8 Å². The zero-order valence-electron chi connectivity index (χ0n) is 26.6. The molecule has 4 rings (SSSR count). The standard InChI is InChI=1S/C36H39Cl2N3O4S/c1-24(2)39-36(43)34(21-28-10-7-6-8-11-28)40(22-31-32(37)12-9-13-33(31)38)35(42)23-41(29-17-16-26(4)27(5)20-29)46(44,45)30-18-14-25(3)15-19-30/h6-20,24,34H,21-23H2,1-5H3,(H,39,43). The molecule has 242 valence electrons. The number of aryl methyl sites for hydroxylation is 3. The summed E-state index contributed by atoms with van der Waals surface area (Å²) in [7, 11) is -4.21. The van der Waals surface area contributed by atoms with Gasteiger partial charge in [0, 0.05) is 34.6 Å². The van der Waals surface area contributed by atoms with E-state index >= 15 is 0 Å². The molecule has 0 aliphatic heterocycles. The molecule has 10 heteroatoms. The summed E-state index contributed by atoms with van der Waals surface area (Å²) in [6.07, 6.45) is 0.182. The van der Waals surface area contributed by atoms with Crippen molar-refractivity contribution in [2.24, 2.45) is 0 Å². The second-order valence-corrected chi connectivity index (χ2v) is 14.4. The smallest absolute Gasteiger partial charge is 0.264 e. The third-order valence-electron chi connectivity index (χ3n) is 7.76. The molecular formula is C36H39Cl2N3O4S. The molecule has 46 heavy (non-hydrogen) atoms. The van der Waals surface area contributed by atoms with Gasteiger partial charge in [-0.05, 0) is 87.7 Å². The third-order valence-corrected chi connectivity index (χ3v) is 10.3. The predicted molar refractivity (Wildman–Crippen MR) is 186 cm³/mol. The van der Waals surface area contributed by atoms with Crippen molar-refractivity contribution in [3.63, 3.8) is 0 Å². The first kappa shape index (κ1) is 35.0. The van der Waals surface area contributed by atoms with Crippen LogP contribution in [-0.4, -0.2) is 43.8 Å². The number of sulfonamides is 1. The normalized spacial score (nSPS) is 12.1. The molecule has 0 aliphatic carbocycles. The number of amides is 2. The van der Waals surface area contributed by atoms with E-state index in [1.807, 2.05) is 71.0 Å². The van der Waals surface area contributed by atoms with Gasteiger partial charge in [-0.3, -0.25) is 13.9 Å². The van der Waals surface area contributed by atoms with Crippen molar-refractivity contribution in [3.8, 4) is 0 Å². The van der Waals surface area contributed by atoms with E-state index in [-0.39, 0.29) is 29.8 Å².